The number of aromatic nitrogens is 2. The van der Waals surface area contributed by atoms with Crippen LogP contribution in [-0.4, -0.2) is 44.6 Å². The molecule has 1 saturated heterocycles. The van der Waals surface area contributed by atoms with Crippen LogP contribution in [0.1, 0.15) is 23.8 Å². The Morgan fingerprint density at radius 3 is 2.93 bits per heavy atom. The minimum absolute atomic E-state index is 0.166. The molecule has 2 heterocycles. The first-order chi connectivity index (χ1) is 7.08. The fourth-order valence-electron chi connectivity index (χ4n) is 1.69. The number of likely N-dealkylation sites (tertiary alicyclic amines) is 1. The summed E-state index contributed by atoms with van der Waals surface area (Å²) in [6, 6.07) is 0. The van der Waals surface area contributed by atoms with Crippen LogP contribution in [0.15, 0.2) is 18.6 Å². The molecule has 15 heavy (non-hydrogen) atoms. The summed E-state index contributed by atoms with van der Waals surface area (Å²) in [5.41, 5.74) is -0.437. The number of rotatable bonds is 1. The second-order valence-electron chi connectivity index (χ2n) is 4.06. The van der Waals surface area contributed by atoms with Crippen molar-refractivity contribution in [1.82, 2.24) is 14.9 Å². The second kappa shape index (κ2) is 3.58. The van der Waals surface area contributed by atoms with E-state index < -0.39 is 5.60 Å². The highest BCUT2D eigenvalue weighted by molar-refractivity contribution is 5.92. The van der Waals surface area contributed by atoms with Gasteiger partial charge in [0.2, 0.25) is 0 Å². The van der Waals surface area contributed by atoms with Gasteiger partial charge in [-0.2, -0.15) is 0 Å². The molecule has 0 aliphatic carbocycles. The Morgan fingerprint density at radius 1 is 1.60 bits per heavy atom. The van der Waals surface area contributed by atoms with Crippen LogP contribution in [0.5, 0.6) is 0 Å². The summed E-state index contributed by atoms with van der Waals surface area (Å²) in [4.78, 5) is 21.2. The third-order valence-corrected chi connectivity index (χ3v) is 2.52. The Hall–Kier alpha value is -1.49. The molecule has 1 aromatic heterocycles. The van der Waals surface area contributed by atoms with Gasteiger partial charge in [-0.3, -0.25) is 9.78 Å². The first kappa shape index (κ1) is 10.0. The molecule has 0 spiro atoms. The molecule has 1 N–H and O–H groups in total. The Balaban J connectivity index is 2.11. The van der Waals surface area contributed by atoms with E-state index in [0.29, 0.717) is 25.2 Å². The molecule has 1 aliphatic rings. The zero-order chi connectivity index (χ0) is 10.9. The van der Waals surface area contributed by atoms with Crippen molar-refractivity contribution >= 4 is 5.91 Å². The van der Waals surface area contributed by atoms with Gasteiger partial charge in [-0.1, -0.05) is 0 Å². The van der Waals surface area contributed by atoms with Crippen molar-refractivity contribution in [2.24, 2.45) is 0 Å². The van der Waals surface area contributed by atoms with Crippen molar-refractivity contribution in [3.63, 3.8) is 0 Å². The van der Waals surface area contributed by atoms with E-state index >= 15 is 0 Å². The van der Waals surface area contributed by atoms with Crippen LogP contribution in [-0.2, 0) is 0 Å². The standard InChI is InChI=1S/C10H13N3O2/c1-10(15)2-5-13(7-10)9(14)8-6-11-3-4-12-8/h3-4,6,15H,2,5,7H2,1H3. The lowest BCUT2D eigenvalue weighted by Gasteiger charge is -2.18. The lowest BCUT2D eigenvalue weighted by Crippen LogP contribution is -2.34. The first-order valence-corrected chi connectivity index (χ1v) is 4.86. The van der Waals surface area contributed by atoms with E-state index in [-0.39, 0.29) is 5.91 Å². The molecule has 0 bridgehead atoms. The molecule has 5 nitrogen and oxygen atoms in total. The Kier molecular flexibility index (Phi) is 2.40. The monoisotopic (exact) mass is 207 g/mol. The van der Waals surface area contributed by atoms with E-state index in [1.165, 1.54) is 18.6 Å². The zero-order valence-electron chi connectivity index (χ0n) is 8.55. The summed E-state index contributed by atoms with van der Waals surface area (Å²) in [5, 5.41) is 9.73. The molecule has 0 radical (unpaired) electrons. The minimum atomic E-state index is -0.766. The summed E-state index contributed by atoms with van der Waals surface area (Å²) < 4.78 is 0. The van der Waals surface area contributed by atoms with Crippen LogP contribution < -0.4 is 0 Å². The van der Waals surface area contributed by atoms with Crippen molar-refractivity contribution < 1.29 is 9.90 Å². The number of carbonyl (C=O) groups is 1. The topological polar surface area (TPSA) is 66.3 Å². The molecule has 1 atom stereocenters. The predicted molar refractivity (Wildman–Crippen MR) is 53.2 cm³/mol. The van der Waals surface area contributed by atoms with Crippen molar-refractivity contribution in [2.75, 3.05) is 13.1 Å². The fourth-order valence-corrected chi connectivity index (χ4v) is 1.69. The molecule has 1 aliphatic heterocycles. The highest BCUT2D eigenvalue weighted by atomic mass is 16.3. The molecular formula is C10H13N3O2. The summed E-state index contributed by atoms with van der Waals surface area (Å²) in [7, 11) is 0. The molecule has 1 fully saturated rings. The lowest BCUT2D eigenvalue weighted by molar-refractivity contribution is 0.0568. The van der Waals surface area contributed by atoms with Crippen LogP contribution in [0.25, 0.3) is 0 Å². The number of amides is 1. The molecule has 1 amide bonds. The smallest absolute Gasteiger partial charge is 0.274 e. The normalized spacial score (nSPS) is 25.6. The number of aliphatic hydroxyl groups is 1. The fraction of sp³-hybridized carbons (Fsp3) is 0.500. The van der Waals surface area contributed by atoms with E-state index in [1.54, 1.807) is 11.8 Å². The van der Waals surface area contributed by atoms with E-state index in [4.69, 9.17) is 0 Å². The molecule has 0 saturated carbocycles. The van der Waals surface area contributed by atoms with E-state index in [1.807, 2.05) is 0 Å². The average molecular weight is 207 g/mol. The van der Waals surface area contributed by atoms with Gasteiger partial charge < -0.3 is 10.0 Å². The lowest BCUT2D eigenvalue weighted by atomic mass is 10.1. The van der Waals surface area contributed by atoms with Crippen molar-refractivity contribution in [3.05, 3.63) is 24.3 Å². The van der Waals surface area contributed by atoms with Gasteiger partial charge in [0.15, 0.2) is 0 Å². The Labute approximate surface area is 87.8 Å². The Bertz CT molecular complexity index is 364. The molecular weight excluding hydrogens is 194 g/mol. The number of hydrogen-bond acceptors (Lipinski definition) is 4. The molecule has 2 rings (SSSR count). The van der Waals surface area contributed by atoms with Crippen LogP contribution in [0, 0.1) is 0 Å². The van der Waals surface area contributed by atoms with Gasteiger partial charge in [0.25, 0.3) is 5.91 Å². The van der Waals surface area contributed by atoms with Gasteiger partial charge >= 0.3 is 0 Å². The van der Waals surface area contributed by atoms with E-state index in [9.17, 15) is 9.90 Å². The Morgan fingerprint density at radius 2 is 2.40 bits per heavy atom. The van der Waals surface area contributed by atoms with Crippen molar-refractivity contribution in [2.45, 2.75) is 18.9 Å². The predicted octanol–water partition coefficient (Wildman–Crippen LogP) is 0.0735. The maximum absolute atomic E-state index is 11.8. The third kappa shape index (κ3) is 2.12. The van der Waals surface area contributed by atoms with Gasteiger partial charge in [-0.05, 0) is 13.3 Å². The van der Waals surface area contributed by atoms with Gasteiger partial charge in [0, 0.05) is 25.5 Å². The maximum atomic E-state index is 11.8. The van der Waals surface area contributed by atoms with Crippen LogP contribution >= 0.6 is 0 Å². The zero-order valence-corrected chi connectivity index (χ0v) is 8.55. The number of nitrogens with zero attached hydrogens (tertiary/aromatic N) is 3. The largest absolute Gasteiger partial charge is 0.388 e. The SMILES string of the molecule is CC1(O)CCN(C(=O)c2cnccn2)C1. The van der Waals surface area contributed by atoms with Gasteiger partial charge in [-0.15, -0.1) is 0 Å². The van der Waals surface area contributed by atoms with E-state index in [0.717, 1.165) is 0 Å². The van der Waals surface area contributed by atoms with E-state index in [2.05, 4.69) is 9.97 Å². The maximum Gasteiger partial charge on any atom is 0.274 e. The molecule has 5 heteroatoms. The summed E-state index contributed by atoms with van der Waals surface area (Å²) >= 11 is 0. The first-order valence-electron chi connectivity index (χ1n) is 4.86. The number of β-amino-alcohol motifs (C(OH)–C–C–N with tert-alkyl or cyclic N) is 1. The molecule has 0 aromatic carbocycles. The number of hydrogen-bond donors (Lipinski definition) is 1. The van der Waals surface area contributed by atoms with Gasteiger partial charge in [-0.25, -0.2) is 4.98 Å². The van der Waals surface area contributed by atoms with Crippen molar-refractivity contribution in [1.29, 1.82) is 0 Å². The minimum Gasteiger partial charge on any atom is -0.388 e. The summed E-state index contributed by atoms with van der Waals surface area (Å²) in [5.74, 6) is -0.166. The van der Waals surface area contributed by atoms with Gasteiger partial charge in [0.05, 0.1) is 11.8 Å². The quantitative estimate of drug-likeness (QED) is 0.708. The van der Waals surface area contributed by atoms with Crippen molar-refractivity contribution in [3.8, 4) is 0 Å². The van der Waals surface area contributed by atoms with Gasteiger partial charge in [0.1, 0.15) is 5.69 Å². The molecule has 1 unspecified atom stereocenters. The van der Waals surface area contributed by atoms with Crippen LogP contribution in [0.3, 0.4) is 0 Å². The second-order valence-corrected chi connectivity index (χ2v) is 4.06. The van der Waals surface area contributed by atoms with Crippen LogP contribution in [0.4, 0.5) is 0 Å². The highest BCUT2D eigenvalue weighted by Crippen LogP contribution is 2.21. The average Bonchev–Trinajstić information content (AvgIpc) is 2.59. The summed E-state index contributed by atoms with van der Waals surface area (Å²) in [6.45, 7) is 2.67. The number of carbonyl (C=O) groups excluding carboxylic acids is 1. The highest BCUT2D eigenvalue weighted by Gasteiger charge is 2.34. The molecule has 80 valence electrons. The molecule has 1 aromatic rings. The third-order valence-electron chi connectivity index (χ3n) is 2.52. The van der Waals surface area contributed by atoms with Crippen LogP contribution in [0.2, 0.25) is 0 Å². The summed E-state index contributed by atoms with van der Waals surface area (Å²) in [6.07, 6.45) is 5.06.